The second-order valence-electron chi connectivity index (χ2n) is 6.43. The van der Waals surface area contributed by atoms with Crippen molar-refractivity contribution in [1.82, 2.24) is 9.55 Å². The summed E-state index contributed by atoms with van der Waals surface area (Å²) in [5, 5.41) is 5.39. The number of nitrogens with one attached hydrogen (secondary N) is 1. The van der Waals surface area contributed by atoms with Crippen LogP contribution in [-0.4, -0.2) is 15.5 Å². The number of para-hydroxylation sites is 1. The lowest BCUT2D eigenvalue weighted by Crippen LogP contribution is -2.33. The van der Waals surface area contributed by atoms with Crippen LogP contribution in [0.5, 0.6) is 0 Å². The van der Waals surface area contributed by atoms with Crippen LogP contribution in [0.3, 0.4) is 0 Å². The van der Waals surface area contributed by atoms with Gasteiger partial charge in [0.2, 0.25) is 5.91 Å². The molecule has 1 atom stereocenters. The first kappa shape index (κ1) is 18.1. The van der Waals surface area contributed by atoms with Gasteiger partial charge in [-0.2, -0.15) is 0 Å². The Balaban J connectivity index is 1.76. The minimum atomic E-state index is -0.631. The van der Waals surface area contributed by atoms with Crippen LogP contribution in [0, 0.1) is 0 Å². The standard InChI is InChI=1S/C22H19N3O2S/c1-2-18(20(26)24-16-11-7-4-8-12-16)25-14-23-21-19(22(25)27)17(13-28-21)15-9-5-3-6-10-15/h3-14,18H,2H2,1H3,(H,24,26). The second-order valence-corrected chi connectivity index (χ2v) is 7.29. The highest BCUT2D eigenvalue weighted by atomic mass is 32.1. The maximum atomic E-state index is 13.3. The molecule has 0 fully saturated rings. The molecule has 2 aromatic carbocycles. The van der Waals surface area contributed by atoms with Crippen molar-refractivity contribution >= 4 is 33.1 Å². The van der Waals surface area contributed by atoms with Crippen molar-refractivity contribution in [3.8, 4) is 11.1 Å². The lowest BCUT2D eigenvalue weighted by atomic mass is 10.1. The Labute approximate surface area is 166 Å². The molecule has 5 nitrogen and oxygen atoms in total. The first-order valence-electron chi connectivity index (χ1n) is 9.08. The summed E-state index contributed by atoms with van der Waals surface area (Å²) in [5.74, 6) is -0.228. The normalized spacial score (nSPS) is 12.0. The molecule has 0 saturated carbocycles. The zero-order valence-corrected chi connectivity index (χ0v) is 16.1. The summed E-state index contributed by atoms with van der Waals surface area (Å²) >= 11 is 1.44. The number of carbonyl (C=O) groups excluding carboxylic acids is 1. The van der Waals surface area contributed by atoms with E-state index in [1.54, 1.807) is 0 Å². The van der Waals surface area contributed by atoms with Gasteiger partial charge in [-0.3, -0.25) is 14.2 Å². The highest BCUT2D eigenvalue weighted by molar-refractivity contribution is 7.17. The molecular weight excluding hydrogens is 370 g/mol. The van der Waals surface area contributed by atoms with Crippen LogP contribution in [0.1, 0.15) is 19.4 Å². The maximum absolute atomic E-state index is 13.3. The summed E-state index contributed by atoms with van der Waals surface area (Å²) in [6, 6.07) is 18.4. The molecule has 1 unspecified atom stereocenters. The fourth-order valence-corrected chi connectivity index (χ4v) is 4.16. The van der Waals surface area contributed by atoms with E-state index in [2.05, 4.69) is 10.3 Å². The fraction of sp³-hybridized carbons (Fsp3) is 0.136. The lowest BCUT2D eigenvalue weighted by molar-refractivity contribution is -0.119. The smallest absolute Gasteiger partial charge is 0.263 e. The number of thiophene rings is 1. The molecule has 4 aromatic rings. The monoisotopic (exact) mass is 389 g/mol. The highest BCUT2D eigenvalue weighted by Gasteiger charge is 2.22. The predicted molar refractivity (Wildman–Crippen MR) is 114 cm³/mol. The van der Waals surface area contributed by atoms with Crippen molar-refractivity contribution in [2.45, 2.75) is 19.4 Å². The van der Waals surface area contributed by atoms with Gasteiger partial charge in [0.25, 0.3) is 5.56 Å². The van der Waals surface area contributed by atoms with Gasteiger partial charge >= 0.3 is 0 Å². The SMILES string of the molecule is CCC(C(=O)Nc1ccccc1)n1cnc2scc(-c3ccccc3)c2c1=O. The molecule has 0 aliphatic carbocycles. The van der Waals surface area contributed by atoms with Crippen LogP contribution in [0.15, 0.2) is 77.2 Å². The van der Waals surface area contributed by atoms with Crippen LogP contribution in [0.2, 0.25) is 0 Å². The third kappa shape index (κ3) is 3.34. The number of nitrogens with zero attached hydrogens (tertiary/aromatic N) is 2. The largest absolute Gasteiger partial charge is 0.324 e. The number of aromatic nitrogens is 2. The maximum Gasteiger partial charge on any atom is 0.263 e. The number of rotatable bonds is 5. The molecule has 140 valence electrons. The molecule has 28 heavy (non-hydrogen) atoms. The zero-order chi connectivity index (χ0) is 19.5. The van der Waals surface area contributed by atoms with Gasteiger partial charge in [-0.25, -0.2) is 4.98 Å². The zero-order valence-electron chi connectivity index (χ0n) is 15.3. The Kier molecular flexibility index (Phi) is 5.04. The Morgan fingerprint density at radius 2 is 1.79 bits per heavy atom. The number of anilines is 1. The highest BCUT2D eigenvalue weighted by Crippen LogP contribution is 2.30. The summed E-state index contributed by atoms with van der Waals surface area (Å²) in [5.41, 5.74) is 2.33. The predicted octanol–water partition coefficient (Wildman–Crippen LogP) is 4.71. The van der Waals surface area contributed by atoms with Crippen LogP contribution >= 0.6 is 11.3 Å². The van der Waals surface area contributed by atoms with E-state index >= 15 is 0 Å². The number of fused-ring (bicyclic) bond motifs is 1. The van der Waals surface area contributed by atoms with Crippen molar-refractivity contribution < 1.29 is 4.79 Å². The van der Waals surface area contributed by atoms with Crippen LogP contribution in [-0.2, 0) is 4.79 Å². The molecule has 1 amide bonds. The Bertz CT molecular complexity index is 1170. The molecule has 2 aromatic heterocycles. The molecule has 4 rings (SSSR count). The summed E-state index contributed by atoms with van der Waals surface area (Å²) in [4.78, 5) is 31.2. The van der Waals surface area contributed by atoms with E-state index in [0.29, 0.717) is 22.3 Å². The van der Waals surface area contributed by atoms with Crippen LogP contribution in [0.25, 0.3) is 21.3 Å². The summed E-state index contributed by atoms with van der Waals surface area (Å²) < 4.78 is 1.44. The van der Waals surface area contributed by atoms with Gasteiger partial charge in [-0.15, -0.1) is 11.3 Å². The van der Waals surface area contributed by atoms with Crippen LogP contribution < -0.4 is 10.9 Å². The number of hydrogen-bond donors (Lipinski definition) is 1. The molecule has 0 saturated heterocycles. The van der Waals surface area contributed by atoms with E-state index in [1.165, 1.54) is 22.2 Å². The van der Waals surface area contributed by atoms with E-state index in [4.69, 9.17) is 0 Å². The topological polar surface area (TPSA) is 64.0 Å². The fourth-order valence-electron chi connectivity index (χ4n) is 3.25. The van der Waals surface area contributed by atoms with E-state index in [-0.39, 0.29) is 11.5 Å². The van der Waals surface area contributed by atoms with Gasteiger partial charge in [0, 0.05) is 16.6 Å². The Hall–Kier alpha value is -3.25. The average Bonchev–Trinajstić information content (AvgIpc) is 3.17. The molecule has 0 aliphatic rings. The van der Waals surface area contributed by atoms with Gasteiger partial charge in [0.05, 0.1) is 11.7 Å². The number of amides is 1. The van der Waals surface area contributed by atoms with Gasteiger partial charge in [-0.05, 0) is 24.1 Å². The van der Waals surface area contributed by atoms with E-state index in [9.17, 15) is 9.59 Å². The number of benzene rings is 2. The molecule has 6 heteroatoms. The minimum absolute atomic E-state index is 0.194. The summed E-state index contributed by atoms with van der Waals surface area (Å²) in [6.07, 6.45) is 1.96. The third-order valence-electron chi connectivity index (χ3n) is 4.67. The summed E-state index contributed by atoms with van der Waals surface area (Å²) in [6.45, 7) is 1.89. The summed E-state index contributed by atoms with van der Waals surface area (Å²) in [7, 11) is 0. The van der Waals surface area contributed by atoms with E-state index in [0.717, 1.165) is 11.1 Å². The first-order chi connectivity index (χ1) is 13.7. The molecule has 0 radical (unpaired) electrons. The van der Waals surface area contributed by atoms with Gasteiger partial charge < -0.3 is 5.32 Å². The minimum Gasteiger partial charge on any atom is -0.324 e. The Morgan fingerprint density at radius 1 is 1.11 bits per heavy atom. The van der Waals surface area contributed by atoms with Gasteiger partial charge in [-0.1, -0.05) is 55.5 Å². The lowest BCUT2D eigenvalue weighted by Gasteiger charge is -2.17. The number of hydrogen-bond acceptors (Lipinski definition) is 4. The average molecular weight is 389 g/mol. The van der Waals surface area contributed by atoms with E-state index < -0.39 is 6.04 Å². The quantitative estimate of drug-likeness (QED) is 0.537. The number of carbonyl (C=O) groups is 1. The van der Waals surface area contributed by atoms with Gasteiger partial charge in [0.15, 0.2) is 0 Å². The van der Waals surface area contributed by atoms with Crippen LogP contribution in [0.4, 0.5) is 5.69 Å². The first-order valence-corrected chi connectivity index (χ1v) is 9.96. The van der Waals surface area contributed by atoms with E-state index in [1.807, 2.05) is 73.0 Å². The molecule has 0 bridgehead atoms. The van der Waals surface area contributed by atoms with Crippen molar-refractivity contribution in [2.24, 2.45) is 0 Å². The Morgan fingerprint density at radius 3 is 2.46 bits per heavy atom. The van der Waals surface area contributed by atoms with Crippen molar-refractivity contribution in [3.63, 3.8) is 0 Å². The molecular formula is C22H19N3O2S. The molecule has 0 spiro atoms. The van der Waals surface area contributed by atoms with Crippen molar-refractivity contribution in [1.29, 1.82) is 0 Å². The third-order valence-corrected chi connectivity index (χ3v) is 5.56. The van der Waals surface area contributed by atoms with Crippen molar-refractivity contribution in [3.05, 3.63) is 82.7 Å². The molecule has 1 N–H and O–H groups in total. The van der Waals surface area contributed by atoms with Crippen molar-refractivity contribution in [2.75, 3.05) is 5.32 Å². The van der Waals surface area contributed by atoms with Gasteiger partial charge in [0.1, 0.15) is 10.9 Å². The second kappa shape index (κ2) is 7.78. The molecule has 0 aliphatic heterocycles. The molecule has 2 heterocycles.